The molecule has 0 saturated carbocycles. The van der Waals surface area contributed by atoms with E-state index in [1.807, 2.05) is 0 Å². The van der Waals surface area contributed by atoms with Crippen molar-refractivity contribution < 1.29 is 15.1 Å². The van der Waals surface area contributed by atoms with Crippen molar-refractivity contribution in [2.45, 2.75) is 12.5 Å². The molecule has 1 aliphatic rings. The first-order valence-corrected chi connectivity index (χ1v) is 8.22. The molecule has 0 radical (unpaired) electrons. The van der Waals surface area contributed by atoms with Gasteiger partial charge in [-0.3, -0.25) is 4.79 Å². The Hall–Kier alpha value is -1.34. The van der Waals surface area contributed by atoms with Gasteiger partial charge in [-0.1, -0.05) is 38.9 Å². The van der Waals surface area contributed by atoms with E-state index in [9.17, 15) is 9.90 Å². The molecule has 7 heteroatoms. The Bertz CT molecular complexity index is 470. The van der Waals surface area contributed by atoms with Gasteiger partial charge in [0.15, 0.2) is 0 Å². The van der Waals surface area contributed by atoms with Gasteiger partial charge >= 0.3 is 0 Å². The number of phenolic OH excluding ortho intramolecular Hbond substituents is 1. The van der Waals surface area contributed by atoms with Crippen LogP contribution in [0.15, 0.2) is 29.4 Å². The molecule has 19 heavy (non-hydrogen) atoms. The molecule has 1 aliphatic heterocycles. The lowest BCUT2D eigenvalue weighted by molar-refractivity contribution is -0.115. The summed E-state index contributed by atoms with van der Waals surface area (Å²) in [5.74, 6) is 1.56. The van der Waals surface area contributed by atoms with E-state index in [1.165, 1.54) is 12.1 Å². The Labute approximate surface area is 118 Å². The average molecular weight is 298 g/mol. The van der Waals surface area contributed by atoms with E-state index in [-0.39, 0.29) is 29.8 Å². The number of nitrogens with one attached hydrogen (secondary N) is 1. The van der Waals surface area contributed by atoms with Gasteiger partial charge in [-0.15, -0.1) is 0 Å². The Morgan fingerprint density at radius 1 is 1.32 bits per heavy atom. The second kappa shape index (κ2) is 6.72. The van der Waals surface area contributed by atoms with Crippen LogP contribution in [0.5, 0.6) is 5.75 Å². The normalized spacial score (nSPS) is 16.5. The van der Waals surface area contributed by atoms with Crippen LogP contribution in [0.1, 0.15) is 5.56 Å². The van der Waals surface area contributed by atoms with Crippen LogP contribution in [0, 0.1) is 0 Å². The molecule has 1 heterocycles. The maximum absolute atomic E-state index is 11.9. The fourth-order valence-electron chi connectivity index (χ4n) is 1.63. The molecular weight excluding hydrogens is 284 g/mol. The minimum Gasteiger partial charge on any atom is -0.508 e. The summed E-state index contributed by atoms with van der Waals surface area (Å²) in [5.41, 5.74) is 0.878. The molecule has 0 aromatic heterocycles. The number of phenols is 1. The summed E-state index contributed by atoms with van der Waals surface area (Å²) < 4.78 is 0. The lowest BCUT2D eigenvalue weighted by Crippen LogP contribution is -2.41. The SMILES string of the molecule is O=C(NC1CSSC1)/C(Cc1ccc(O)cc1)=N/O. The first-order valence-electron chi connectivity index (χ1n) is 5.73. The standard InChI is InChI=1S/C12H14N2O3S2/c15-10-3-1-8(2-4-10)5-11(14-17)12(16)13-9-6-18-19-7-9/h1-4,9,15,17H,5-7H2,(H,13,16)/b14-11+. The number of amides is 1. The highest BCUT2D eigenvalue weighted by Gasteiger charge is 2.21. The summed E-state index contributed by atoms with van der Waals surface area (Å²) in [5, 5.41) is 24.1. The van der Waals surface area contributed by atoms with E-state index in [2.05, 4.69) is 10.5 Å². The van der Waals surface area contributed by atoms with E-state index >= 15 is 0 Å². The minimum absolute atomic E-state index is 0.0765. The summed E-state index contributed by atoms with van der Waals surface area (Å²) in [6.45, 7) is 0. The molecule has 1 fully saturated rings. The Kier molecular flexibility index (Phi) is 4.98. The number of benzene rings is 1. The van der Waals surface area contributed by atoms with E-state index in [4.69, 9.17) is 5.21 Å². The number of aromatic hydroxyl groups is 1. The summed E-state index contributed by atoms with van der Waals surface area (Å²) >= 11 is 0. The predicted octanol–water partition coefficient (Wildman–Crippen LogP) is 1.64. The largest absolute Gasteiger partial charge is 0.508 e. The maximum atomic E-state index is 11.9. The van der Waals surface area contributed by atoms with Crippen molar-refractivity contribution in [1.82, 2.24) is 5.32 Å². The molecule has 0 bridgehead atoms. The van der Waals surface area contributed by atoms with Crippen molar-refractivity contribution in [3.05, 3.63) is 29.8 Å². The second-order valence-electron chi connectivity index (χ2n) is 4.13. The predicted molar refractivity (Wildman–Crippen MR) is 77.9 cm³/mol. The topological polar surface area (TPSA) is 81.9 Å². The molecule has 0 unspecified atom stereocenters. The third kappa shape index (κ3) is 4.07. The van der Waals surface area contributed by atoms with Gasteiger partial charge in [0.2, 0.25) is 0 Å². The van der Waals surface area contributed by atoms with Crippen LogP contribution < -0.4 is 5.32 Å². The van der Waals surface area contributed by atoms with Crippen molar-refractivity contribution in [1.29, 1.82) is 0 Å². The van der Waals surface area contributed by atoms with Crippen molar-refractivity contribution in [3.8, 4) is 5.75 Å². The smallest absolute Gasteiger partial charge is 0.269 e. The van der Waals surface area contributed by atoms with Crippen LogP contribution in [0.3, 0.4) is 0 Å². The third-order valence-corrected chi connectivity index (χ3v) is 5.21. The van der Waals surface area contributed by atoms with Crippen LogP contribution in [-0.4, -0.2) is 39.5 Å². The highest BCUT2D eigenvalue weighted by atomic mass is 33.1. The molecule has 1 amide bonds. The van der Waals surface area contributed by atoms with Gasteiger partial charge in [0.05, 0.1) is 0 Å². The second-order valence-corrected chi connectivity index (χ2v) is 6.68. The minimum atomic E-state index is -0.344. The molecule has 3 N–H and O–H groups in total. The van der Waals surface area contributed by atoms with Gasteiger partial charge in [0.25, 0.3) is 5.91 Å². The quantitative estimate of drug-likeness (QED) is 0.341. The van der Waals surface area contributed by atoms with Crippen LogP contribution in [-0.2, 0) is 11.2 Å². The zero-order valence-corrected chi connectivity index (χ0v) is 11.7. The summed E-state index contributed by atoms with van der Waals surface area (Å²) in [7, 11) is 3.44. The Morgan fingerprint density at radius 2 is 1.95 bits per heavy atom. The van der Waals surface area contributed by atoms with Gasteiger partial charge in [0.1, 0.15) is 11.5 Å². The highest BCUT2D eigenvalue weighted by Crippen LogP contribution is 2.30. The van der Waals surface area contributed by atoms with Crippen molar-refractivity contribution in [2.24, 2.45) is 5.16 Å². The molecule has 1 aromatic carbocycles. The number of carbonyl (C=O) groups is 1. The number of rotatable bonds is 4. The fourth-order valence-corrected chi connectivity index (χ4v) is 4.26. The summed E-state index contributed by atoms with van der Waals surface area (Å²) in [6.07, 6.45) is 0.232. The molecule has 2 rings (SSSR count). The third-order valence-electron chi connectivity index (χ3n) is 2.65. The van der Waals surface area contributed by atoms with Crippen molar-refractivity contribution in [2.75, 3.05) is 11.5 Å². The summed E-state index contributed by atoms with van der Waals surface area (Å²) in [6, 6.07) is 6.57. The highest BCUT2D eigenvalue weighted by molar-refractivity contribution is 8.77. The van der Waals surface area contributed by atoms with E-state index in [0.717, 1.165) is 17.1 Å². The fraction of sp³-hybridized carbons (Fsp3) is 0.333. The van der Waals surface area contributed by atoms with Crippen LogP contribution in [0.4, 0.5) is 0 Å². The zero-order valence-electron chi connectivity index (χ0n) is 10.1. The van der Waals surface area contributed by atoms with E-state index < -0.39 is 0 Å². The van der Waals surface area contributed by atoms with Gasteiger partial charge in [0, 0.05) is 24.0 Å². The molecule has 5 nitrogen and oxygen atoms in total. The molecule has 1 saturated heterocycles. The number of nitrogens with zero attached hydrogens (tertiary/aromatic N) is 1. The molecule has 0 atom stereocenters. The van der Waals surface area contributed by atoms with Crippen molar-refractivity contribution in [3.63, 3.8) is 0 Å². The first kappa shape index (κ1) is 14.1. The lowest BCUT2D eigenvalue weighted by atomic mass is 10.1. The van der Waals surface area contributed by atoms with Crippen molar-refractivity contribution >= 4 is 33.2 Å². The molecule has 1 aromatic rings. The molecule has 102 valence electrons. The van der Waals surface area contributed by atoms with Gasteiger partial charge in [-0.05, 0) is 17.7 Å². The Balaban J connectivity index is 1.95. The monoisotopic (exact) mass is 298 g/mol. The van der Waals surface area contributed by atoms with Crippen LogP contribution >= 0.6 is 21.6 Å². The molecule has 0 spiro atoms. The van der Waals surface area contributed by atoms with E-state index in [0.29, 0.717) is 0 Å². The summed E-state index contributed by atoms with van der Waals surface area (Å²) in [4.78, 5) is 11.9. The number of hydrogen-bond donors (Lipinski definition) is 3. The first-order chi connectivity index (χ1) is 9.19. The van der Waals surface area contributed by atoms with Gasteiger partial charge in [-0.2, -0.15) is 0 Å². The lowest BCUT2D eigenvalue weighted by Gasteiger charge is -2.11. The van der Waals surface area contributed by atoms with E-state index in [1.54, 1.807) is 33.7 Å². The Morgan fingerprint density at radius 3 is 2.53 bits per heavy atom. The zero-order chi connectivity index (χ0) is 13.7. The van der Waals surface area contributed by atoms with Gasteiger partial charge < -0.3 is 15.6 Å². The maximum Gasteiger partial charge on any atom is 0.269 e. The molecular formula is C12H14N2O3S2. The average Bonchev–Trinajstić information content (AvgIpc) is 2.90. The van der Waals surface area contributed by atoms with Crippen LogP contribution in [0.2, 0.25) is 0 Å². The number of hydrogen-bond acceptors (Lipinski definition) is 6. The van der Waals surface area contributed by atoms with Gasteiger partial charge in [-0.25, -0.2) is 0 Å². The number of oxime groups is 1. The molecule has 0 aliphatic carbocycles. The van der Waals surface area contributed by atoms with Crippen LogP contribution in [0.25, 0.3) is 0 Å². The number of carbonyl (C=O) groups excluding carboxylic acids is 1.